The predicted molar refractivity (Wildman–Crippen MR) is 151 cm³/mol. The van der Waals surface area contributed by atoms with E-state index in [0.717, 1.165) is 12.0 Å². The Morgan fingerprint density at radius 3 is 2.26 bits per heavy atom. The maximum absolute atomic E-state index is 15.2. The maximum atomic E-state index is 15.2. The molecule has 3 aromatic rings. The highest BCUT2D eigenvalue weighted by atomic mass is 19.1. The van der Waals surface area contributed by atoms with Crippen LogP contribution in [-0.4, -0.2) is 65.1 Å². The molecule has 0 spiro atoms. The molecular formula is C30H42FN5O2. The average molecular weight is 524 g/mol. The molecule has 7 nitrogen and oxygen atoms in total. The number of carbonyl (C=O) groups is 1. The van der Waals surface area contributed by atoms with Crippen molar-refractivity contribution >= 4 is 11.6 Å². The molecule has 1 aromatic heterocycles. The number of likely N-dealkylation sites (N-methyl/N-ethyl adjacent to an activating group) is 1. The third-order valence-electron chi connectivity index (χ3n) is 7.13. The molecule has 2 atom stereocenters. The zero-order chi connectivity index (χ0) is 27.7. The Labute approximate surface area is 226 Å². The van der Waals surface area contributed by atoms with Crippen molar-refractivity contribution in [3.05, 3.63) is 65.8 Å². The van der Waals surface area contributed by atoms with Crippen molar-refractivity contribution < 1.29 is 13.7 Å². The minimum Gasteiger partial charge on any atom is -0.367 e. The molecule has 4 rings (SSSR count). The first-order chi connectivity index (χ1) is 18.5. The van der Waals surface area contributed by atoms with E-state index in [4.69, 9.17) is 4.52 Å². The number of benzene rings is 2. The molecule has 0 bridgehead atoms. The molecule has 1 aliphatic rings. The molecule has 0 radical (unpaired) electrons. The molecule has 0 N–H and O–H groups in total. The van der Waals surface area contributed by atoms with Crippen molar-refractivity contribution in [3.8, 4) is 11.4 Å². The second-order valence-electron chi connectivity index (χ2n) is 9.28. The number of amides is 1. The molecule has 206 valence electrons. The number of hydrogen-bond acceptors (Lipinski definition) is 6. The van der Waals surface area contributed by atoms with Gasteiger partial charge in [-0.2, -0.15) is 4.98 Å². The second-order valence-corrected chi connectivity index (χ2v) is 9.28. The summed E-state index contributed by atoms with van der Waals surface area (Å²) < 4.78 is 20.5. The number of hydrogen-bond donors (Lipinski definition) is 0. The summed E-state index contributed by atoms with van der Waals surface area (Å²) >= 11 is 0. The van der Waals surface area contributed by atoms with Gasteiger partial charge in [-0.1, -0.05) is 63.2 Å². The average Bonchev–Trinajstić information content (AvgIpc) is 3.46. The number of piperazine rings is 1. The Kier molecular flexibility index (Phi) is 10.8. The molecule has 1 aliphatic heterocycles. The lowest BCUT2D eigenvalue weighted by Crippen LogP contribution is -2.51. The van der Waals surface area contributed by atoms with E-state index >= 15 is 4.39 Å². The van der Waals surface area contributed by atoms with Crippen LogP contribution in [0.25, 0.3) is 11.4 Å². The van der Waals surface area contributed by atoms with Gasteiger partial charge in [-0.3, -0.25) is 9.69 Å². The van der Waals surface area contributed by atoms with Gasteiger partial charge < -0.3 is 14.3 Å². The molecule has 1 amide bonds. The van der Waals surface area contributed by atoms with Gasteiger partial charge in [0.2, 0.25) is 17.6 Å². The fourth-order valence-corrected chi connectivity index (χ4v) is 4.70. The highest BCUT2D eigenvalue weighted by Gasteiger charge is 2.33. The lowest BCUT2D eigenvalue weighted by atomic mass is 10.0. The van der Waals surface area contributed by atoms with Crippen LogP contribution in [0.15, 0.2) is 53.1 Å². The Morgan fingerprint density at radius 1 is 1.03 bits per heavy atom. The molecule has 38 heavy (non-hydrogen) atoms. The lowest BCUT2D eigenvalue weighted by Gasteiger charge is -2.41. The van der Waals surface area contributed by atoms with Crippen LogP contribution in [0.1, 0.15) is 71.4 Å². The highest BCUT2D eigenvalue weighted by molar-refractivity contribution is 5.83. The monoisotopic (exact) mass is 523 g/mol. The molecule has 1 unspecified atom stereocenters. The normalized spacial score (nSPS) is 15.4. The van der Waals surface area contributed by atoms with E-state index in [-0.39, 0.29) is 23.7 Å². The SMILES string of the molecule is CC.CC[C@H](C)c1nc(-c2ccc(N3CCN(C(C(=O)N(CC)CC)c4ccccc4)CC3)c(F)c2)no1. The van der Waals surface area contributed by atoms with Gasteiger partial charge in [-0.25, -0.2) is 4.39 Å². The van der Waals surface area contributed by atoms with Crippen LogP contribution in [0.3, 0.4) is 0 Å². The number of halogens is 1. The molecule has 1 saturated heterocycles. The van der Waals surface area contributed by atoms with Gasteiger partial charge in [0.05, 0.1) is 5.69 Å². The van der Waals surface area contributed by atoms with E-state index in [9.17, 15) is 4.79 Å². The second kappa shape index (κ2) is 14.0. The lowest BCUT2D eigenvalue weighted by molar-refractivity contribution is -0.137. The van der Waals surface area contributed by atoms with Crippen LogP contribution in [0.2, 0.25) is 0 Å². The molecule has 8 heteroatoms. The van der Waals surface area contributed by atoms with Crippen molar-refractivity contribution in [2.24, 2.45) is 0 Å². The molecule has 2 heterocycles. The van der Waals surface area contributed by atoms with Crippen LogP contribution in [0.5, 0.6) is 0 Å². The predicted octanol–water partition coefficient (Wildman–Crippen LogP) is 6.15. The molecule has 2 aromatic carbocycles. The zero-order valence-electron chi connectivity index (χ0n) is 23.7. The molecular weight excluding hydrogens is 481 g/mol. The highest BCUT2D eigenvalue weighted by Crippen LogP contribution is 2.30. The standard InChI is InChI=1S/C28H36FN5O2.C2H6/c1-5-20(4)27-30-26(31-36-27)22-13-14-24(23(29)19-22)33-15-17-34(18-16-33)25(21-11-9-8-10-12-21)28(35)32(6-2)7-3;1-2/h8-14,19-20,25H,5-7,15-18H2,1-4H3;1-2H3/t20-,25?;/m0./s1. The minimum absolute atomic E-state index is 0.118. The summed E-state index contributed by atoms with van der Waals surface area (Å²) in [5.74, 6) is 0.947. The summed E-state index contributed by atoms with van der Waals surface area (Å²) in [5, 5.41) is 4.03. The Hall–Kier alpha value is -3.26. The van der Waals surface area contributed by atoms with E-state index in [0.29, 0.717) is 62.2 Å². The number of nitrogens with zero attached hydrogens (tertiary/aromatic N) is 5. The van der Waals surface area contributed by atoms with E-state index in [1.54, 1.807) is 6.07 Å². The number of anilines is 1. The Bertz CT molecular complexity index is 1140. The third kappa shape index (κ3) is 6.59. The van der Waals surface area contributed by atoms with Gasteiger partial charge in [0.25, 0.3) is 0 Å². The molecule has 1 fully saturated rings. The van der Waals surface area contributed by atoms with E-state index in [1.165, 1.54) is 6.07 Å². The first kappa shape index (κ1) is 29.3. The Balaban J connectivity index is 0.00000195. The van der Waals surface area contributed by atoms with E-state index in [2.05, 4.69) is 22.0 Å². The summed E-state index contributed by atoms with van der Waals surface area (Å²) in [4.78, 5) is 24.0. The van der Waals surface area contributed by atoms with Gasteiger partial charge in [0.15, 0.2) is 0 Å². The van der Waals surface area contributed by atoms with Crippen LogP contribution < -0.4 is 4.90 Å². The van der Waals surface area contributed by atoms with Gasteiger partial charge in [-0.15, -0.1) is 0 Å². The summed E-state index contributed by atoms with van der Waals surface area (Å²) in [7, 11) is 0. The topological polar surface area (TPSA) is 65.7 Å². The van der Waals surface area contributed by atoms with Gasteiger partial charge in [0.1, 0.15) is 11.9 Å². The van der Waals surface area contributed by atoms with E-state index < -0.39 is 0 Å². The number of aromatic nitrogens is 2. The van der Waals surface area contributed by atoms with Crippen LogP contribution in [0.4, 0.5) is 10.1 Å². The molecule has 0 saturated carbocycles. The van der Waals surface area contributed by atoms with Gasteiger partial charge >= 0.3 is 0 Å². The summed E-state index contributed by atoms with van der Waals surface area (Å²) in [6, 6.07) is 14.7. The van der Waals surface area contributed by atoms with Crippen LogP contribution >= 0.6 is 0 Å². The molecule has 0 aliphatic carbocycles. The van der Waals surface area contributed by atoms with Crippen molar-refractivity contribution in [1.29, 1.82) is 0 Å². The third-order valence-corrected chi connectivity index (χ3v) is 7.13. The fraction of sp³-hybridized carbons (Fsp3) is 0.500. The quantitative estimate of drug-likeness (QED) is 0.335. The van der Waals surface area contributed by atoms with Crippen LogP contribution in [0, 0.1) is 5.82 Å². The van der Waals surface area contributed by atoms with Crippen molar-refractivity contribution in [2.45, 2.75) is 59.9 Å². The van der Waals surface area contributed by atoms with Crippen molar-refractivity contribution in [3.63, 3.8) is 0 Å². The smallest absolute Gasteiger partial charge is 0.244 e. The summed E-state index contributed by atoms with van der Waals surface area (Å²) in [5.41, 5.74) is 2.15. The summed E-state index contributed by atoms with van der Waals surface area (Å²) in [6.07, 6.45) is 0.895. The number of carbonyl (C=O) groups excluding carboxylic acids is 1. The minimum atomic E-state index is -0.335. The zero-order valence-corrected chi connectivity index (χ0v) is 23.7. The van der Waals surface area contributed by atoms with Gasteiger partial charge in [0, 0.05) is 50.7 Å². The first-order valence-corrected chi connectivity index (χ1v) is 13.9. The Morgan fingerprint density at radius 2 is 1.68 bits per heavy atom. The fourth-order valence-electron chi connectivity index (χ4n) is 4.70. The van der Waals surface area contributed by atoms with Crippen molar-refractivity contribution in [2.75, 3.05) is 44.2 Å². The first-order valence-electron chi connectivity index (χ1n) is 13.9. The van der Waals surface area contributed by atoms with Crippen molar-refractivity contribution in [1.82, 2.24) is 19.9 Å². The van der Waals surface area contributed by atoms with E-state index in [1.807, 2.05) is 80.8 Å². The largest absolute Gasteiger partial charge is 0.367 e. The summed E-state index contributed by atoms with van der Waals surface area (Å²) in [6.45, 7) is 16.0. The maximum Gasteiger partial charge on any atom is 0.244 e. The van der Waals surface area contributed by atoms with Crippen LogP contribution in [-0.2, 0) is 4.79 Å². The number of rotatable bonds is 9. The van der Waals surface area contributed by atoms with Gasteiger partial charge in [-0.05, 0) is 44.0 Å².